The van der Waals surface area contributed by atoms with Crippen LogP contribution in [-0.4, -0.2) is 30.9 Å². The van der Waals surface area contributed by atoms with Crippen molar-refractivity contribution in [2.45, 2.75) is 25.9 Å². The summed E-state index contributed by atoms with van der Waals surface area (Å²) in [6, 6.07) is 13.9. The van der Waals surface area contributed by atoms with Crippen molar-refractivity contribution in [3.8, 4) is 0 Å². The SMILES string of the molecule is CC(OC(=O)c1ccc(N2CCCC2)cc1)C(=O)c1ccc(Cl)cc1. The van der Waals surface area contributed by atoms with E-state index in [-0.39, 0.29) is 5.78 Å². The predicted molar refractivity (Wildman–Crippen MR) is 98.5 cm³/mol. The fourth-order valence-electron chi connectivity index (χ4n) is 2.91. The second-order valence-electron chi connectivity index (χ2n) is 6.16. The molecule has 2 aromatic rings. The molecular weight excluding hydrogens is 338 g/mol. The lowest BCUT2D eigenvalue weighted by Crippen LogP contribution is -2.24. The smallest absolute Gasteiger partial charge is 0.338 e. The minimum Gasteiger partial charge on any atom is -0.451 e. The van der Waals surface area contributed by atoms with Crippen LogP contribution in [0.15, 0.2) is 48.5 Å². The maximum absolute atomic E-state index is 12.3. The van der Waals surface area contributed by atoms with Gasteiger partial charge in [-0.2, -0.15) is 0 Å². The first kappa shape index (κ1) is 17.5. The van der Waals surface area contributed by atoms with Crippen molar-refractivity contribution < 1.29 is 14.3 Å². The van der Waals surface area contributed by atoms with Crippen molar-refractivity contribution in [3.63, 3.8) is 0 Å². The zero-order chi connectivity index (χ0) is 17.8. The van der Waals surface area contributed by atoms with E-state index in [0.717, 1.165) is 18.8 Å². The van der Waals surface area contributed by atoms with Crippen molar-refractivity contribution in [1.82, 2.24) is 0 Å². The van der Waals surface area contributed by atoms with E-state index in [1.165, 1.54) is 12.8 Å². The predicted octanol–water partition coefficient (Wildman–Crippen LogP) is 4.37. The molecule has 0 radical (unpaired) electrons. The molecule has 130 valence electrons. The number of hydrogen-bond acceptors (Lipinski definition) is 4. The molecule has 3 rings (SSSR count). The number of Topliss-reactive ketones (excluding diaryl/α,β-unsaturated/α-hetero) is 1. The Balaban J connectivity index is 1.62. The van der Waals surface area contributed by atoms with Gasteiger partial charge in [-0.1, -0.05) is 11.6 Å². The fraction of sp³-hybridized carbons (Fsp3) is 0.300. The van der Waals surface area contributed by atoms with Gasteiger partial charge in [-0.25, -0.2) is 4.79 Å². The summed E-state index contributed by atoms with van der Waals surface area (Å²) in [7, 11) is 0. The first-order valence-electron chi connectivity index (χ1n) is 8.40. The molecule has 1 heterocycles. The van der Waals surface area contributed by atoms with Crippen LogP contribution in [0.5, 0.6) is 0 Å². The molecule has 0 aliphatic carbocycles. The number of esters is 1. The van der Waals surface area contributed by atoms with Gasteiger partial charge in [0.25, 0.3) is 0 Å². The van der Waals surface area contributed by atoms with Crippen LogP contribution >= 0.6 is 11.6 Å². The Labute approximate surface area is 152 Å². The molecule has 4 nitrogen and oxygen atoms in total. The van der Waals surface area contributed by atoms with E-state index in [1.54, 1.807) is 43.3 Å². The first-order chi connectivity index (χ1) is 12.0. The van der Waals surface area contributed by atoms with Gasteiger partial charge in [0, 0.05) is 29.4 Å². The van der Waals surface area contributed by atoms with Gasteiger partial charge >= 0.3 is 5.97 Å². The Morgan fingerprint density at radius 3 is 2.12 bits per heavy atom. The largest absolute Gasteiger partial charge is 0.451 e. The Morgan fingerprint density at radius 2 is 1.52 bits per heavy atom. The van der Waals surface area contributed by atoms with Crippen molar-refractivity contribution in [2.75, 3.05) is 18.0 Å². The third-order valence-corrected chi connectivity index (χ3v) is 4.61. The van der Waals surface area contributed by atoms with Crippen molar-refractivity contribution in [2.24, 2.45) is 0 Å². The molecule has 0 spiro atoms. The van der Waals surface area contributed by atoms with Gasteiger partial charge in [0.2, 0.25) is 5.78 Å². The van der Waals surface area contributed by atoms with Crippen LogP contribution in [-0.2, 0) is 4.74 Å². The zero-order valence-corrected chi connectivity index (χ0v) is 14.8. The Bertz CT molecular complexity index is 750. The van der Waals surface area contributed by atoms with Gasteiger partial charge in [-0.15, -0.1) is 0 Å². The lowest BCUT2D eigenvalue weighted by molar-refractivity contribution is 0.0319. The van der Waals surface area contributed by atoms with Gasteiger partial charge in [0.15, 0.2) is 6.10 Å². The Morgan fingerprint density at radius 1 is 0.960 bits per heavy atom. The molecule has 1 aliphatic rings. The second-order valence-corrected chi connectivity index (χ2v) is 6.60. The molecule has 1 unspecified atom stereocenters. The summed E-state index contributed by atoms with van der Waals surface area (Å²) in [4.78, 5) is 26.9. The van der Waals surface area contributed by atoms with Crippen LogP contribution in [0.1, 0.15) is 40.5 Å². The van der Waals surface area contributed by atoms with Gasteiger partial charge in [0.1, 0.15) is 0 Å². The number of hydrogen-bond donors (Lipinski definition) is 0. The summed E-state index contributed by atoms with van der Waals surface area (Å²) in [5.74, 6) is -0.749. The molecule has 0 bridgehead atoms. The van der Waals surface area contributed by atoms with E-state index >= 15 is 0 Å². The van der Waals surface area contributed by atoms with Gasteiger partial charge in [-0.05, 0) is 68.3 Å². The van der Waals surface area contributed by atoms with Gasteiger partial charge in [-0.3, -0.25) is 4.79 Å². The molecule has 1 saturated heterocycles. The van der Waals surface area contributed by atoms with Crippen molar-refractivity contribution >= 4 is 29.0 Å². The average molecular weight is 358 g/mol. The van der Waals surface area contributed by atoms with Crippen LogP contribution in [0, 0.1) is 0 Å². The van der Waals surface area contributed by atoms with E-state index < -0.39 is 12.1 Å². The van der Waals surface area contributed by atoms with E-state index in [2.05, 4.69) is 4.90 Å². The number of anilines is 1. The number of nitrogens with zero attached hydrogens (tertiary/aromatic N) is 1. The topological polar surface area (TPSA) is 46.6 Å². The molecular formula is C20H20ClNO3. The fourth-order valence-corrected chi connectivity index (χ4v) is 3.04. The Hall–Kier alpha value is -2.33. The summed E-state index contributed by atoms with van der Waals surface area (Å²) in [6.45, 7) is 3.68. The van der Waals surface area contributed by atoms with Gasteiger partial charge in [0.05, 0.1) is 5.56 Å². The second kappa shape index (κ2) is 7.70. The Kier molecular flexibility index (Phi) is 5.39. The number of carbonyl (C=O) groups is 2. The highest BCUT2D eigenvalue weighted by molar-refractivity contribution is 6.30. The van der Waals surface area contributed by atoms with Crippen LogP contribution in [0.2, 0.25) is 5.02 Å². The normalized spacial score (nSPS) is 15.0. The molecule has 0 saturated carbocycles. The minimum absolute atomic E-state index is 0.251. The highest BCUT2D eigenvalue weighted by Gasteiger charge is 2.21. The number of rotatable bonds is 5. The summed E-state index contributed by atoms with van der Waals surface area (Å²) in [5.41, 5.74) is 2.02. The summed E-state index contributed by atoms with van der Waals surface area (Å²) in [5, 5.41) is 0.555. The molecule has 2 aromatic carbocycles. The molecule has 0 aromatic heterocycles. The monoisotopic (exact) mass is 357 g/mol. The molecule has 0 amide bonds. The van der Waals surface area contributed by atoms with Crippen LogP contribution < -0.4 is 4.90 Å². The zero-order valence-electron chi connectivity index (χ0n) is 14.1. The van der Waals surface area contributed by atoms with E-state index in [9.17, 15) is 9.59 Å². The maximum atomic E-state index is 12.3. The van der Waals surface area contributed by atoms with Crippen LogP contribution in [0.25, 0.3) is 0 Å². The molecule has 25 heavy (non-hydrogen) atoms. The highest BCUT2D eigenvalue weighted by atomic mass is 35.5. The number of ketones is 1. The molecule has 5 heteroatoms. The number of halogens is 1. The van der Waals surface area contributed by atoms with Crippen LogP contribution in [0.4, 0.5) is 5.69 Å². The lowest BCUT2D eigenvalue weighted by Gasteiger charge is -2.18. The standard InChI is InChI=1S/C20H20ClNO3/c1-14(19(23)15-4-8-17(21)9-5-15)25-20(24)16-6-10-18(11-7-16)22-12-2-3-13-22/h4-11,14H,2-3,12-13H2,1H3. The molecule has 1 aliphatic heterocycles. The van der Waals surface area contributed by atoms with Gasteiger partial charge < -0.3 is 9.64 Å². The maximum Gasteiger partial charge on any atom is 0.338 e. The minimum atomic E-state index is -0.855. The van der Waals surface area contributed by atoms with Crippen molar-refractivity contribution in [3.05, 3.63) is 64.7 Å². The lowest BCUT2D eigenvalue weighted by atomic mass is 10.1. The number of benzene rings is 2. The number of carbonyl (C=O) groups excluding carboxylic acids is 2. The van der Waals surface area contributed by atoms with Crippen LogP contribution in [0.3, 0.4) is 0 Å². The average Bonchev–Trinajstić information content (AvgIpc) is 3.16. The highest BCUT2D eigenvalue weighted by Crippen LogP contribution is 2.21. The molecule has 0 N–H and O–H groups in total. The third kappa shape index (κ3) is 4.20. The number of ether oxygens (including phenoxy) is 1. The third-order valence-electron chi connectivity index (χ3n) is 4.36. The van der Waals surface area contributed by atoms with E-state index in [0.29, 0.717) is 16.1 Å². The quantitative estimate of drug-likeness (QED) is 0.589. The summed E-state index contributed by atoms with van der Waals surface area (Å²) < 4.78 is 5.31. The van der Waals surface area contributed by atoms with E-state index in [1.807, 2.05) is 12.1 Å². The molecule has 1 fully saturated rings. The first-order valence-corrected chi connectivity index (χ1v) is 8.78. The summed E-state index contributed by atoms with van der Waals surface area (Å²) >= 11 is 5.82. The van der Waals surface area contributed by atoms with E-state index in [4.69, 9.17) is 16.3 Å². The molecule has 1 atom stereocenters. The summed E-state index contributed by atoms with van der Waals surface area (Å²) in [6.07, 6.45) is 1.55. The van der Waals surface area contributed by atoms with Crippen molar-refractivity contribution in [1.29, 1.82) is 0 Å².